The van der Waals surface area contributed by atoms with Crippen LogP contribution in [-0.2, 0) is 14.3 Å². The Morgan fingerprint density at radius 2 is 1.80 bits per heavy atom. The van der Waals surface area contributed by atoms with E-state index in [4.69, 9.17) is 0 Å². The maximum Gasteiger partial charge on any atom is 0.330 e. The van der Waals surface area contributed by atoms with Crippen molar-refractivity contribution < 1.29 is 19.1 Å². The van der Waals surface area contributed by atoms with Crippen LogP contribution in [0.4, 0.5) is 0 Å². The van der Waals surface area contributed by atoms with Crippen LogP contribution in [-0.4, -0.2) is 42.8 Å². The van der Waals surface area contributed by atoms with Crippen molar-refractivity contribution in [3.63, 3.8) is 0 Å². The second-order valence-electron chi connectivity index (χ2n) is 6.08. The number of ether oxygens (including phenoxy) is 1. The zero-order valence-corrected chi connectivity index (χ0v) is 17.9. The number of rotatable bonds is 7. The normalized spacial score (nSPS) is 11.1. The Balaban J connectivity index is 1.98. The number of nitrogens with one attached hydrogen (secondary N) is 2. The quantitative estimate of drug-likeness (QED) is 0.371. The summed E-state index contributed by atoms with van der Waals surface area (Å²) in [4.78, 5) is 35.7. The van der Waals surface area contributed by atoms with Gasteiger partial charge in [-0.15, -0.1) is 0 Å². The van der Waals surface area contributed by atoms with Crippen LogP contribution < -0.4 is 10.6 Å². The minimum absolute atomic E-state index is 0.0693. The Morgan fingerprint density at radius 1 is 1.10 bits per heavy atom. The van der Waals surface area contributed by atoms with Gasteiger partial charge in [0, 0.05) is 17.7 Å². The Hall–Kier alpha value is -3.37. The van der Waals surface area contributed by atoms with Gasteiger partial charge >= 0.3 is 5.97 Å². The molecule has 2 amide bonds. The molecule has 0 heterocycles. The Morgan fingerprint density at radius 3 is 2.43 bits per heavy atom. The molecular weight excluding hydrogens is 448 g/mol. The zero-order chi connectivity index (χ0) is 21.8. The van der Waals surface area contributed by atoms with Gasteiger partial charge in [-0.3, -0.25) is 9.59 Å². The van der Waals surface area contributed by atoms with Crippen LogP contribution >= 0.6 is 15.9 Å². The number of amides is 2. The van der Waals surface area contributed by atoms with Crippen LogP contribution in [0.15, 0.2) is 60.7 Å². The number of benzene rings is 2. The largest absolute Gasteiger partial charge is 0.467 e. The van der Waals surface area contributed by atoms with Gasteiger partial charge in [0.25, 0.3) is 5.91 Å². The highest BCUT2D eigenvalue weighted by atomic mass is 79.9. The summed E-state index contributed by atoms with van der Waals surface area (Å²) in [5.74, 6) is 4.54. The average Bonchev–Trinajstić information content (AvgIpc) is 2.79. The topological polar surface area (TPSA) is 84.5 Å². The van der Waals surface area contributed by atoms with Gasteiger partial charge in [-0.1, -0.05) is 58.1 Å². The average molecular weight is 469 g/mol. The van der Waals surface area contributed by atoms with Crippen LogP contribution in [0.2, 0.25) is 0 Å². The summed E-state index contributed by atoms with van der Waals surface area (Å²) in [6.07, 6.45) is 3.67. The Kier molecular flexibility index (Phi) is 9.35. The highest BCUT2D eigenvalue weighted by molar-refractivity contribution is 9.09. The molecule has 30 heavy (non-hydrogen) atoms. The van der Waals surface area contributed by atoms with Crippen LogP contribution in [0.1, 0.15) is 21.5 Å². The molecule has 154 valence electrons. The molecule has 0 saturated heterocycles. The van der Waals surface area contributed by atoms with Gasteiger partial charge in [0.15, 0.2) is 0 Å². The van der Waals surface area contributed by atoms with Gasteiger partial charge in [0.05, 0.1) is 12.4 Å². The van der Waals surface area contributed by atoms with Crippen molar-refractivity contribution in [1.29, 1.82) is 0 Å². The lowest BCUT2D eigenvalue weighted by atomic mass is 10.1. The van der Waals surface area contributed by atoms with Crippen LogP contribution in [0.5, 0.6) is 0 Å². The summed E-state index contributed by atoms with van der Waals surface area (Å²) in [6, 6.07) is 15.5. The fourth-order valence-corrected chi connectivity index (χ4v) is 2.57. The first-order valence-electron chi connectivity index (χ1n) is 9.08. The SMILES string of the molecule is COC(=O)[C@H](CNC(=O)CBr)NC(=O)c1ccc(C#C/C=C/c2ccccc2)cc1. The van der Waals surface area contributed by atoms with Crippen molar-refractivity contribution in [2.24, 2.45) is 0 Å². The molecule has 2 aromatic carbocycles. The van der Waals surface area contributed by atoms with E-state index in [0.29, 0.717) is 5.56 Å². The lowest BCUT2D eigenvalue weighted by molar-refractivity contribution is -0.142. The smallest absolute Gasteiger partial charge is 0.330 e. The molecule has 0 fully saturated rings. The summed E-state index contributed by atoms with van der Waals surface area (Å²) < 4.78 is 4.68. The van der Waals surface area contributed by atoms with Gasteiger partial charge in [-0.25, -0.2) is 4.79 Å². The molecule has 0 saturated carbocycles. The van der Waals surface area contributed by atoms with Gasteiger partial charge < -0.3 is 15.4 Å². The molecule has 6 nitrogen and oxygen atoms in total. The first kappa shape index (κ1) is 22.9. The molecule has 2 rings (SSSR count). The van der Waals surface area contributed by atoms with Crippen LogP contribution in [0, 0.1) is 11.8 Å². The van der Waals surface area contributed by atoms with E-state index in [0.717, 1.165) is 11.1 Å². The van der Waals surface area contributed by atoms with Crippen LogP contribution in [0.25, 0.3) is 6.08 Å². The summed E-state index contributed by atoms with van der Waals surface area (Å²) in [5.41, 5.74) is 2.17. The second kappa shape index (κ2) is 12.2. The maximum atomic E-state index is 12.4. The number of halogens is 1. The molecule has 7 heteroatoms. The van der Waals surface area contributed by atoms with Gasteiger partial charge in [0.1, 0.15) is 6.04 Å². The van der Waals surface area contributed by atoms with Crippen molar-refractivity contribution >= 4 is 39.8 Å². The monoisotopic (exact) mass is 468 g/mol. The van der Waals surface area contributed by atoms with Crippen molar-refractivity contribution in [3.8, 4) is 11.8 Å². The fraction of sp³-hybridized carbons (Fsp3) is 0.174. The zero-order valence-electron chi connectivity index (χ0n) is 16.4. The molecule has 0 aliphatic carbocycles. The number of carbonyl (C=O) groups is 3. The molecular formula is C23H21BrN2O4. The third kappa shape index (κ3) is 7.57. The molecule has 2 N–H and O–H groups in total. The van der Waals surface area contributed by atoms with Gasteiger partial charge in [-0.05, 0) is 42.0 Å². The van der Waals surface area contributed by atoms with Gasteiger partial charge in [0.2, 0.25) is 5.91 Å². The number of esters is 1. The van der Waals surface area contributed by atoms with E-state index in [9.17, 15) is 14.4 Å². The predicted octanol–water partition coefficient (Wildman–Crippen LogP) is 2.53. The summed E-state index contributed by atoms with van der Waals surface area (Å²) in [5, 5.41) is 5.19. The maximum absolute atomic E-state index is 12.4. The third-order valence-electron chi connectivity index (χ3n) is 3.94. The number of hydrogen-bond acceptors (Lipinski definition) is 4. The molecule has 0 bridgehead atoms. The fourth-order valence-electron chi connectivity index (χ4n) is 2.37. The minimum atomic E-state index is -0.993. The van der Waals surface area contributed by atoms with E-state index >= 15 is 0 Å². The van der Waals surface area contributed by atoms with Crippen molar-refractivity contribution in [1.82, 2.24) is 10.6 Å². The van der Waals surface area contributed by atoms with E-state index in [-0.39, 0.29) is 17.8 Å². The van der Waals surface area contributed by atoms with Crippen molar-refractivity contribution in [2.75, 3.05) is 19.0 Å². The summed E-state index contributed by atoms with van der Waals surface area (Å²) in [6.45, 7) is -0.0693. The van der Waals surface area contributed by atoms with E-state index in [1.165, 1.54) is 7.11 Å². The minimum Gasteiger partial charge on any atom is -0.467 e. The molecule has 0 aromatic heterocycles. The molecule has 0 unspecified atom stereocenters. The van der Waals surface area contributed by atoms with Gasteiger partial charge in [-0.2, -0.15) is 0 Å². The highest BCUT2D eigenvalue weighted by Crippen LogP contribution is 2.05. The lowest BCUT2D eigenvalue weighted by Gasteiger charge is -2.17. The standard InChI is InChI=1S/C23H21BrN2O4/c1-30-23(29)20(16-25-21(27)15-24)26-22(28)19-13-11-18(12-14-19)10-6-5-9-17-7-3-2-4-8-17/h2-5,7-9,11-14,20H,15-16H2,1H3,(H,25,27)(H,26,28)/b9-5+/t20-/m0/s1. The highest BCUT2D eigenvalue weighted by Gasteiger charge is 2.22. The van der Waals surface area contributed by atoms with E-state index in [2.05, 4.69) is 43.1 Å². The first-order chi connectivity index (χ1) is 14.5. The molecule has 0 radical (unpaired) electrons. The van der Waals surface area contributed by atoms with E-state index < -0.39 is 17.9 Å². The molecule has 0 spiro atoms. The number of carbonyl (C=O) groups excluding carboxylic acids is 3. The second-order valence-corrected chi connectivity index (χ2v) is 6.64. The number of allylic oxidation sites excluding steroid dienone is 1. The third-order valence-corrected chi connectivity index (χ3v) is 4.45. The predicted molar refractivity (Wildman–Crippen MR) is 119 cm³/mol. The molecule has 1 atom stereocenters. The van der Waals surface area contributed by atoms with E-state index in [1.807, 2.05) is 36.4 Å². The van der Waals surface area contributed by atoms with Crippen molar-refractivity contribution in [3.05, 3.63) is 77.4 Å². The Bertz CT molecular complexity index is 960. The summed E-state index contributed by atoms with van der Waals surface area (Å²) in [7, 11) is 1.22. The van der Waals surface area contributed by atoms with Crippen LogP contribution in [0.3, 0.4) is 0 Å². The molecule has 0 aliphatic rings. The molecule has 0 aliphatic heterocycles. The molecule has 2 aromatic rings. The number of hydrogen-bond donors (Lipinski definition) is 2. The summed E-state index contributed by atoms with van der Waals surface area (Å²) >= 11 is 3.02. The number of methoxy groups -OCH3 is 1. The number of alkyl halides is 1. The first-order valence-corrected chi connectivity index (χ1v) is 10.2. The Labute approximate surface area is 183 Å². The lowest BCUT2D eigenvalue weighted by Crippen LogP contribution is -2.49. The van der Waals surface area contributed by atoms with E-state index in [1.54, 1.807) is 30.3 Å². The van der Waals surface area contributed by atoms with Crippen molar-refractivity contribution in [2.45, 2.75) is 6.04 Å².